The zero-order valence-corrected chi connectivity index (χ0v) is 13.2. The fourth-order valence-corrected chi connectivity index (χ4v) is 2.95. The molecule has 21 heavy (non-hydrogen) atoms. The van der Waals surface area contributed by atoms with Crippen molar-refractivity contribution in [2.24, 2.45) is 5.92 Å². The number of methoxy groups -OCH3 is 1. The van der Waals surface area contributed by atoms with E-state index in [1.54, 1.807) is 7.11 Å². The van der Waals surface area contributed by atoms with Crippen LogP contribution < -0.4 is 15.4 Å². The molecule has 1 aromatic rings. The highest BCUT2D eigenvalue weighted by atomic mass is 16.5. The molecule has 0 aliphatic heterocycles. The lowest BCUT2D eigenvalue weighted by Crippen LogP contribution is -2.47. The average molecular weight is 290 g/mol. The van der Waals surface area contributed by atoms with Gasteiger partial charge in [0.1, 0.15) is 5.75 Å². The van der Waals surface area contributed by atoms with Crippen LogP contribution in [0.15, 0.2) is 24.3 Å². The first kappa shape index (κ1) is 15.8. The molecule has 4 nitrogen and oxygen atoms in total. The van der Waals surface area contributed by atoms with E-state index < -0.39 is 0 Å². The molecule has 0 radical (unpaired) electrons. The Labute approximate surface area is 127 Å². The Morgan fingerprint density at radius 2 is 2.00 bits per heavy atom. The smallest absolute Gasteiger partial charge is 0.241 e. The predicted octanol–water partition coefficient (Wildman–Crippen LogP) is 3.19. The van der Waals surface area contributed by atoms with Crippen molar-refractivity contribution in [2.75, 3.05) is 12.4 Å². The summed E-state index contributed by atoms with van der Waals surface area (Å²) in [4.78, 5) is 12.3. The van der Waals surface area contributed by atoms with Crippen molar-refractivity contribution in [1.29, 1.82) is 0 Å². The van der Waals surface area contributed by atoms with Gasteiger partial charge in [-0.05, 0) is 37.8 Å². The third-order valence-corrected chi connectivity index (χ3v) is 4.33. The molecule has 1 aromatic carbocycles. The minimum absolute atomic E-state index is 0.0164. The third-order valence-electron chi connectivity index (χ3n) is 4.33. The maximum atomic E-state index is 12.3. The molecule has 2 rings (SSSR count). The number of rotatable bonds is 5. The zero-order chi connectivity index (χ0) is 15.2. The van der Waals surface area contributed by atoms with E-state index in [0.29, 0.717) is 17.7 Å². The van der Waals surface area contributed by atoms with Crippen LogP contribution in [0.25, 0.3) is 0 Å². The highest BCUT2D eigenvalue weighted by Crippen LogP contribution is 2.25. The SMILES string of the molecule is COc1ccccc1NC(=O)[C@H](C)N[C@H]1CCCC[C@@H]1C. The molecule has 2 N–H and O–H groups in total. The molecule has 1 amide bonds. The van der Waals surface area contributed by atoms with Gasteiger partial charge in [0.05, 0.1) is 18.8 Å². The number of ether oxygens (including phenoxy) is 1. The Morgan fingerprint density at radius 3 is 2.71 bits per heavy atom. The molecule has 1 aliphatic rings. The summed E-state index contributed by atoms with van der Waals surface area (Å²) < 4.78 is 5.26. The molecule has 4 heteroatoms. The van der Waals surface area contributed by atoms with Crippen molar-refractivity contribution >= 4 is 11.6 Å². The summed E-state index contributed by atoms with van der Waals surface area (Å²) in [6.07, 6.45) is 4.97. The van der Waals surface area contributed by atoms with E-state index in [9.17, 15) is 4.79 Å². The van der Waals surface area contributed by atoms with Gasteiger partial charge < -0.3 is 15.4 Å². The van der Waals surface area contributed by atoms with Crippen LogP contribution in [0, 0.1) is 5.92 Å². The Morgan fingerprint density at radius 1 is 1.29 bits per heavy atom. The second-order valence-corrected chi connectivity index (χ2v) is 5.95. The molecule has 3 atom stereocenters. The third kappa shape index (κ3) is 4.21. The largest absolute Gasteiger partial charge is 0.495 e. The maximum absolute atomic E-state index is 12.3. The number of nitrogens with one attached hydrogen (secondary N) is 2. The Kier molecular flexibility index (Phi) is 5.62. The van der Waals surface area contributed by atoms with E-state index >= 15 is 0 Å². The molecule has 116 valence electrons. The van der Waals surface area contributed by atoms with Gasteiger partial charge in [-0.25, -0.2) is 0 Å². The van der Waals surface area contributed by atoms with Crippen molar-refractivity contribution in [2.45, 2.75) is 51.6 Å². The van der Waals surface area contributed by atoms with Crippen LogP contribution in [0.5, 0.6) is 5.75 Å². The Balaban J connectivity index is 1.93. The van der Waals surface area contributed by atoms with Gasteiger partial charge in [0, 0.05) is 6.04 Å². The van der Waals surface area contributed by atoms with E-state index in [2.05, 4.69) is 17.6 Å². The summed E-state index contributed by atoms with van der Waals surface area (Å²) in [5, 5.41) is 6.41. The number of amides is 1. The molecule has 1 fully saturated rings. The minimum Gasteiger partial charge on any atom is -0.495 e. The standard InChI is InChI=1S/C17H26N2O2/c1-12-8-4-5-9-14(12)18-13(2)17(20)19-15-10-6-7-11-16(15)21-3/h6-7,10-14,18H,4-5,8-9H2,1-3H3,(H,19,20)/t12-,13-,14-/m0/s1. The van der Waals surface area contributed by atoms with Gasteiger partial charge in [-0.15, -0.1) is 0 Å². The minimum atomic E-state index is -0.208. The van der Waals surface area contributed by atoms with Crippen molar-refractivity contribution in [3.8, 4) is 5.75 Å². The molecular weight excluding hydrogens is 264 g/mol. The van der Waals surface area contributed by atoms with Gasteiger partial charge >= 0.3 is 0 Å². The summed E-state index contributed by atoms with van der Waals surface area (Å²) in [6, 6.07) is 7.71. The highest BCUT2D eigenvalue weighted by Gasteiger charge is 2.25. The molecule has 0 spiro atoms. The summed E-state index contributed by atoms with van der Waals surface area (Å²) >= 11 is 0. The van der Waals surface area contributed by atoms with Gasteiger partial charge in [-0.1, -0.05) is 31.9 Å². The van der Waals surface area contributed by atoms with E-state index in [1.807, 2.05) is 31.2 Å². The van der Waals surface area contributed by atoms with Gasteiger partial charge in [-0.3, -0.25) is 4.79 Å². The fraction of sp³-hybridized carbons (Fsp3) is 0.588. The number of hydrogen-bond acceptors (Lipinski definition) is 3. The number of anilines is 1. The summed E-state index contributed by atoms with van der Waals surface area (Å²) in [5.74, 6) is 1.31. The van der Waals surface area contributed by atoms with Gasteiger partial charge in [0.25, 0.3) is 0 Å². The van der Waals surface area contributed by atoms with Gasteiger partial charge in [0.15, 0.2) is 0 Å². The van der Waals surface area contributed by atoms with Crippen LogP contribution in [0.1, 0.15) is 39.5 Å². The maximum Gasteiger partial charge on any atom is 0.241 e. The molecule has 0 unspecified atom stereocenters. The first-order valence-corrected chi connectivity index (χ1v) is 7.81. The monoisotopic (exact) mass is 290 g/mol. The van der Waals surface area contributed by atoms with E-state index in [4.69, 9.17) is 4.74 Å². The summed E-state index contributed by atoms with van der Waals surface area (Å²) in [5.41, 5.74) is 0.718. The van der Waals surface area contributed by atoms with E-state index in [0.717, 1.165) is 12.1 Å². The first-order valence-electron chi connectivity index (χ1n) is 7.81. The van der Waals surface area contributed by atoms with Crippen LogP contribution >= 0.6 is 0 Å². The zero-order valence-electron chi connectivity index (χ0n) is 13.2. The van der Waals surface area contributed by atoms with E-state index in [-0.39, 0.29) is 11.9 Å². The number of hydrogen-bond donors (Lipinski definition) is 2. The van der Waals surface area contributed by atoms with Crippen LogP contribution in [-0.4, -0.2) is 25.1 Å². The highest BCUT2D eigenvalue weighted by molar-refractivity contribution is 5.95. The van der Waals surface area contributed by atoms with Crippen molar-refractivity contribution in [3.05, 3.63) is 24.3 Å². The lowest BCUT2D eigenvalue weighted by atomic mass is 9.85. The van der Waals surface area contributed by atoms with Crippen LogP contribution in [0.4, 0.5) is 5.69 Å². The number of para-hydroxylation sites is 2. The van der Waals surface area contributed by atoms with Gasteiger partial charge in [0.2, 0.25) is 5.91 Å². The van der Waals surface area contributed by atoms with Crippen molar-refractivity contribution in [3.63, 3.8) is 0 Å². The second kappa shape index (κ2) is 7.46. The van der Waals surface area contributed by atoms with Crippen molar-refractivity contribution in [1.82, 2.24) is 5.32 Å². The van der Waals surface area contributed by atoms with Crippen LogP contribution in [0.2, 0.25) is 0 Å². The number of benzene rings is 1. The molecule has 0 bridgehead atoms. The number of carbonyl (C=O) groups is 1. The first-order chi connectivity index (χ1) is 10.1. The van der Waals surface area contributed by atoms with Crippen LogP contribution in [0.3, 0.4) is 0 Å². The Hall–Kier alpha value is -1.55. The average Bonchev–Trinajstić information content (AvgIpc) is 2.50. The Bertz CT molecular complexity index is 476. The molecule has 0 heterocycles. The second-order valence-electron chi connectivity index (χ2n) is 5.95. The van der Waals surface area contributed by atoms with Gasteiger partial charge in [-0.2, -0.15) is 0 Å². The van der Waals surface area contributed by atoms with Crippen molar-refractivity contribution < 1.29 is 9.53 Å². The molecule has 0 aromatic heterocycles. The normalized spacial score (nSPS) is 23.4. The summed E-state index contributed by atoms with van der Waals surface area (Å²) in [7, 11) is 1.61. The lowest BCUT2D eigenvalue weighted by molar-refractivity contribution is -0.118. The van der Waals surface area contributed by atoms with E-state index in [1.165, 1.54) is 19.3 Å². The number of carbonyl (C=O) groups excluding carboxylic acids is 1. The summed E-state index contributed by atoms with van der Waals surface area (Å²) in [6.45, 7) is 4.19. The molecule has 1 saturated carbocycles. The van der Waals surface area contributed by atoms with Crippen LogP contribution in [-0.2, 0) is 4.79 Å². The topological polar surface area (TPSA) is 50.4 Å². The molecule has 0 saturated heterocycles. The quantitative estimate of drug-likeness (QED) is 0.875. The fourth-order valence-electron chi connectivity index (χ4n) is 2.95. The molecular formula is C17H26N2O2. The lowest BCUT2D eigenvalue weighted by Gasteiger charge is -2.31. The predicted molar refractivity (Wildman–Crippen MR) is 85.6 cm³/mol. The molecule has 1 aliphatic carbocycles.